The summed E-state index contributed by atoms with van der Waals surface area (Å²) in [6, 6.07) is 25.9. The van der Waals surface area contributed by atoms with E-state index in [4.69, 9.17) is 4.74 Å². The number of anilines is 2. The van der Waals surface area contributed by atoms with Crippen molar-refractivity contribution in [3.05, 3.63) is 78.4 Å². The topological polar surface area (TPSA) is 12.5 Å². The molecule has 4 rings (SSSR count). The van der Waals surface area contributed by atoms with E-state index in [0.29, 0.717) is 0 Å². The highest BCUT2D eigenvalue weighted by Crippen LogP contribution is 2.49. The number of ether oxygens (including phenoxy) is 1. The lowest BCUT2D eigenvalue weighted by Crippen LogP contribution is -2.40. The molecule has 0 radical (unpaired) electrons. The Morgan fingerprint density at radius 1 is 0.769 bits per heavy atom. The van der Waals surface area contributed by atoms with Crippen molar-refractivity contribution in [2.45, 2.75) is 32.6 Å². The zero-order valence-electron chi connectivity index (χ0n) is 15.9. The molecule has 2 nitrogen and oxygen atoms in total. The standard InChI is InChI=1S/C23H25NOSi/c1-17(18-11-6-5-7-12-18)24-19-13-8-9-15-21(19)25-23-20(24)14-10-16-22(23)26(2,3)4/h5-17H,1-4H3. The molecule has 3 aromatic carbocycles. The van der Waals surface area contributed by atoms with Crippen LogP contribution in [0.25, 0.3) is 0 Å². The average Bonchev–Trinajstić information content (AvgIpc) is 2.65. The second-order valence-corrected chi connectivity index (χ2v) is 13.0. The molecule has 0 spiro atoms. The minimum Gasteiger partial charge on any atom is -0.453 e. The number of rotatable bonds is 3. The summed E-state index contributed by atoms with van der Waals surface area (Å²) in [7, 11) is -1.53. The van der Waals surface area contributed by atoms with Gasteiger partial charge in [0.25, 0.3) is 0 Å². The molecular formula is C23H25NOSi. The van der Waals surface area contributed by atoms with Gasteiger partial charge in [-0.05, 0) is 35.9 Å². The molecule has 1 aliphatic rings. The second-order valence-electron chi connectivity index (χ2n) is 7.93. The fourth-order valence-electron chi connectivity index (χ4n) is 3.69. The first-order chi connectivity index (χ1) is 12.5. The van der Waals surface area contributed by atoms with E-state index in [2.05, 4.69) is 98.2 Å². The predicted octanol–water partition coefficient (Wildman–Crippen LogP) is 6.24. The first-order valence-electron chi connectivity index (χ1n) is 9.21. The molecule has 0 aromatic heterocycles. The fourth-order valence-corrected chi connectivity index (χ4v) is 5.15. The van der Waals surface area contributed by atoms with Crippen LogP contribution in [-0.2, 0) is 0 Å². The van der Waals surface area contributed by atoms with Gasteiger partial charge < -0.3 is 9.64 Å². The fraction of sp³-hybridized carbons (Fsp3) is 0.217. The van der Waals surface area contributed by atoms with Crippen LogP contribution in [0.5, 0.6) is 11.5 Å². The van der Waals surface area contributed by atoms with Crippen molar-refractivity contribution in [1.29, 1.82) is 0 Å². The van der Waals surface area contributed by atoms with Crippen LogP contribution in [0, 0.1) is 0 Å². The highest BCUT2D eigenvalue weighted by Gasteiger charge is 2.33. The molecule has 3 aromatic rings. The largest absolute Gasteiger partial charge is 0.453 e. The van der Waals surface area contributed by atoms with Crippen molar-refractivity contribution in [3.8, 4) is 11.5 Å². The van der Waals surface area contributed by atoms with Crippen molar-refractivity contribution in [2.24, 2.45) is 0 Å². The SMILES string of the molecule is CC(c1ccccc1)N1c2ccccc2Oc2c1cccc2[Si](C)(C)C. The molecule has 0 saturated heterocycles. The monoisotopic (exact) mass is 359 g/mol. The summed E-state index contributed by atoms with van der Waals surface area (Å²) >= 11 is 0. The highest BCUT2D eigenvalue weighted by molar-refractivity contribution is 6.89. The first-order valence-corrected chi connectivity index (χ1v) is 12.7. The number of nitrogens with zero attached hydrogens (tertiary/aromatic N) is 1. The van der Waals surface area contributed by atoms with Gasteiger partial charge in [-0.25, -0.2) is 0 Å². The molecule has 3 heteroatoms. The summed E-state index contributed by atoms with van der Waals surface area (Å²) in [4.78, 5) is 2.42. The maximum Gasteiger partial charge on any atom is 0.151 e. The Labute approximate surface area is 157 Å². The van der Waals surface area contributed by atoms with Crippen molar-refractivity contribution in [2.75, 3.05) is 4.90 Å². The minimum absolute atomic E-state index is 0.219. The summed E-state index contributed by atoms with van der Waals surface area (Å²) in [5, 5.41) is 1.37. The second kappa shape index (κ2) is 6.33. The maximum absolute atomic E-state index is 6.44. The Hall–Kier alpha value is -2.52. The van der Waals surface area contributed by atoms with E-state index in [1.165, 1.54) is 16.4 Å². The van der Waals surface area contributed by atoms with E-state index >= 15 is 0 Å². The molecule has 1 unspecified atom stereocenters. The Bertz CT molecular complexity index is 930. The van der Waals surface area contributed by atoms with Crippen LogP contribution in [0.1, 0.15) is 18.5 Å². The molecule has 26 heavy (non-hydrogen) atoms. The summed E-state index contributed by atoms with van der Waals surface area (Å²) in [6.45, 7) is 9.38. The maximum atomic E-state index is 6.44. The van der Waals surface area contributed by atoms with E-state index in [9.17, 15) is 0 Å². The minimum atomic E-state index is -1.53. The van der Waals surface area contributed by atoms with E-state index in [0.717, 1.165) is 17.2 Å². The highest BCUT2D eigenvalue weighted by atomic mass is 28.3. The molecule has 1 atom stereocenters. The molecule has 0 N–H and O–H groups in total. The predicted molar refractivity (Wildman–Crippen MR) is 113 cm³/mol. The van der Waals surface area contributed by atoms with E-state index in [1.54, 1.807) is 0 Å². The lowest BCUT2D eigenvalue weighted by Gasteiger charge is -2.39. The van der Waals surface area contributed by atoms with E-state index in [1.807, 2.05) is 6.07 Å². The smallest absolute Gasteiger partial charge is 0.151 e. The molecule has 132 valence electrons. The molecule has 0 saturated carbocycles. The molecule has 0 aliphatic carbocycles. The molecule has 0 fully saturated rings. The number of fused-ring (bicyclic) bond motifs is 2. The van der Waals surface area contributed by atoms with Gasteiger partial charge in [0.2, 0.25) is 0 Å². The molecule has 1 heterocycles. The van der Waals surface area contributed by atoms with Gasteiger partial charge in [0.1, 0.15) is 5.75 Å². The van der Waals surface area contributed by atoms with Gasteiger partial charge in [0, 0.05) is 0 Å². The first kappa shape index (κ1) is 16.9. The van der Waals surface area contributed by atoms with Gasteiger partial charge in [-0.15, -0.1) is 0 Å². The van der Waals surface area contributed by atoms with Crippen LogP contribution < -0.4 is 14.8 Å². The third kappa shape index (κ3) is 2.82. The van der Waals surface area contributed by atoms with Gasteiger partial charge in [-0.3, -0.25) is 0 Å². The summed E-state index contributed by atoms with van der Waals surface area (Å²) in [5.41, 5.74) is 3.60. The summed E-state index contributed by atoms with van der Waals surface area (Å²) < 4.78 is 6.44. The number of hydrogen-bond donors (Lipinski definition) is 0. The lowest BCUT2D eigenvalue weighted by molar-refractivity contribution is 0.472. The lowest BCUT2D eigenvalue weighted by atomic mass is 10.0. The van der Waals surface area contributed by atoms with Gasteiger partial charge in [-0.1, -0.05) is 74.2 Å². The average molecular weight is 360 g/mol. The molecular weight excluding hydrogens is 334 g/mol. The van der Waals surface area contributed by atoms with E-state index < -0.39 is 8.07 Å². The van der Waals surface area contributed by atoms with Crippen LogP contribution in [0.2, 0.25) is 19.6 Å². The molecule has 1 aliphatic heterocycles. The Balaban J connectivity index is 1.93. The van der Waals surface area contributed by atoms with Crippen LogP contribution >= 0.6 is 0 Å². The third-order valence-corrected chi connectivity index (χ3v) is 7.08. The number of hydrogen-bond acceptors (Lipinski definition) is 2. The van der Waals surface area contributed by atoms with Gasteiger partial charge >= 0.3 is 0 Å². The molecule has 0 amide bonds. The van der Waals surface area contributed by atoms with E-state index in [-0.39, 0.29) is 6.04 Å². The van der Waals surface area contributed by atoms with Gasteiger partial charge in [-0.2, -0.15) is 0 Å². The van der Waals surface area contributed by atoms with Gasteiger partial charge in [0.05, 0.1) is 25.5 Å². The Morgan fingerprint density at radius 2 is 1.42 bits per heavy atom. The summed E-state index contributed by atoms with van der Waals surface area (Å²) in [6.07, 6.45) is 0. The van der Waals surface area contributed by atoms with Crippen molar-refractivity contribution in [3.63, 3.8) is 0 Å². The van der Waals surface area contributed by atoms with Crippen LogP contribution in [-0.4, -0.2) is 8.07 Å². The number of para-hydroxylation sites is 3. The van der Waals surface area contributed by atoms with Crippen LogP contribution in [0.4, 0.5) is 11.4 Å². The Morgan fingerprint density at radius 3 is 2.15 bits per heavy atom. The zero-order chi connectivity index (χ0) is 18.3. The Kier molecular flexibility index (Phi) is 4.12. The molecule has 0 bridgehead atoms. The third-order valence-electron chi connectivity index (χ3n) is 5.07. The van der Waals surface area contributed by atoms with Crippen LogP contribution in [0.15, 0.2) is 72.8 Å². The zero-order valence-corrected chi connectivity index (χ0v) is 16.9. The quantitative estimate of drug-likeness (QED) is 0.513. The van der Waals surface area contributed by atoms with Crippen molar-refractivity contribution < 1.29 is 4.74 Å². The van der Waals surface area contributed by atoms with Crippen molar-refractivity contribution >= 4 is 24.6 Å². The van der Waals surface area contributed by atoms with Crippen molar-refractivity contribution in [1.82, 2.24) is 0 Å². The van der Waals surface area contributed by atoms with Crippen LogP contribution in [0.3, 0.4) is 0 Å². The normalized spacial score (nSPS) is 14.2. The number of benzene rings is 3. The van der Waals surface area contributed by atoms with Gasteiger partial charge in [0.15, 0.2) is 5.75 Å². The summed E-state index contributed by atoms with van der Waals surface area (Å²) in [5.74, 6) is 1.97.